The average molecular weight is 352 g/mol. The molecular weight excluding hydrogens is 332 g/mol. The highest BCUT2D eigenvalue weighted by molar-refractivity contribution is 7.80. The van der Waals surface area contributed by atoms with Crippen LogP contribution in [0.4, 0.5) is 0 Å². The molecule has 0 bridgehead atoms. The number of rotatable bonds is 10. The van der Waals surface area contributed by atoms with E-state index in [1.807, 2.05) is 60.7 Å². The fraction of sp³-hybridized carbons (Fsp3) is 0.294. The van der Waals surface area contributed by atoms with Crippen LogP contribution in [0.25, 0.3) is 0 Å². The van der Waals surface area contributed by atoms with Crippen molar-refractivity contribution >= 4 is 10.4 Å². The third kappa shape index (κ3) is 7.67. The van der Waals surface area contributed by atoms with Crippen LogP contribution in [-0.4, -0.2) is 25.9 Å². The molecule has 130 valence electrons. The first-order chi connectivity index (χ1) is 11.5. The molecule has 0 fully saturated rings. The molecule has 2 aromatic rings. The first kappa shape index (κ1) is 18.6. The Morgan fingerprint density at radius 1 is 0.833 bits per heavy atom. The van der Waals surface area contributed by atoms with Gasteiger partial charge in [0.2, 0.25) is 0 Å². The normalized spacial score (nSPS) is 11.8. The van der Waals surface area contributed by atoms with Gasteiger partial charge in [0.05, 0.1) is 19.8 Å². The Bertz CT molecular complexity index is 644. The van der Waals surface area contributed by atoms with Crippen LogP contribution >= 0.6 is 0 Å². The van der Waals surface area contributed by atoms with Crippen LogP contribution in [0.15, 0.2) is 60.7 Å². The van der Waals surface area contributed by atoms with E-state index >= 15 is 0 Å². The van der Waals surface area contributed by atoms with Crippen molar-refractivity contribution in [2.75, 3.05) is 6.61 Å². The summed E-state index contributed by atoms with van der Waals surface area (Å²) < 4.78 is 45.6. The van der Waals surface area contributed by atoms with Gasteiger partial charge in [0, 0.05) is 6.42 Å². The maximum atomic E-state index is 10.6. The lowest BCUT2D eigenvalue weighted by atomic mass is 10.2. The van der Waals surface area contributed by atoms with E-state index in [4.69, 9.17) is 14.0 Å². The third-order valence-corrected chi connectivity index (χ3v) is 3.61. The second kappa shape index (κ2) is 9.51. The molecule has 0 saturated carbocycles. The van der Waals surface area contributed by atoms with Crippen LogP contribution in [0.3, 0.4) is 0 Å². The van der Waals surface area contributed by atoms with Gasteiger partial charge in [0.1, 0.15) is 0 Å². The van der Waals surface area contributed by atoms with Crippen molar-refractivity contribution in [3.05, 3.63) is 71.8 Å². The molecule has 0 saturated heterocycles. The van der Waals surface area contributed by atoms with Gasteiger partial charge in [0.15, 0.2) is 6.29 Å². The molecule has 0 radical (unpaired) electrons. The largest absolute Gasteiger partial charge is 0.397 e. The molecule has 0 unspecified atom stereocenters. The molecule has 2 rings (SSSR count). The third-order valence-electron chi connectivity index (χ3n) is 3.14. The minimum Gasteiger partial charge on any atom is -0.348 e. The molecule has 6 nitrogen and oxygen atoms in total. The second-order valence-corrected chi connectivity index (χ2v) is 6.15. The molecule has 7 heteroatoms. The Hall–Kier alpha value is -1.77. The molecule has 0 spiro atoms. The van der Waals surface area contributed by atoms with Gasteiger partial charge in [0.25, 0.3) is 0 Å². The van der Waals surface area contributed by atoms with Gasteiger partial charge in [-0.3, -0.25) is 4.55 Å². The van der Waals surface area contributed by atoms with Crippen molar-refractivity contribution in [1.82, 2.24) is 0 Å². The number of ether oxygens (including phenoxy) is 2. The van der Waals surface area contributed by atoms with E-state index < -0.39 is 16.7 Å². The van der Waals surface area contributed by atoms with Crippen LogP contribution < -0.4 is 0 Å². The Kier molecular flexibility index (Phi) is 7.36. The monoisotopic (exact) mass is 352 g/mol. The fourth-order valence-electron chi connectivity index (χ4n) is 1.99. The zero-order valence-corrected chi connectivity index (χ0v) is 13.9. The van der Waals surface area contributed by atoms with E-state index in [1.54, 1.807) is 0 Å². The molecule has 0 amide bonds. The Balaban J connectivity index is 1.87. The van der Waals surface area contributed by atoms with E-state index in [2.05, 4.69) is 4.18 Å². The van der Waals surface area contributed by atoms with Crippen molar-refractivity contribution in [1.29, 1.82) is 0 Å². The van der Waals surface area contributed by atoms with Crippen LogP contribution in [0, 0.1) is 0 Å². The van der Waals surface area contributed by atoms with E-state index in [1.165, 1.54) is 0 Å². The predicted octanol–water partition coefficient (Wildman–Crippen LogP) is 2.96. The van der Waals surface area contributed by atoms with Crippen molar-refractivity contribution in [3.63, 3.8) is 0 Å². The standard InChI is InChI=1S/C17H20O6S/c18-24(19,20)23-12-11-17(21-13-15-7-3-1-4-8-15)22-14-16-9-5-2-6-10-16/h1-10,17H,11-14H2,(H,18,19,20). The fourth-order valence-corrected chi connectivity index (χ4v) is 2.30. The van der Waals surface area contributed by atoms with E-state index in [0.29, 0.717) is 13.2 Å². The van der Waals surface area contributed by atoms with Crippen LogP contribution in [-0.2, 0) is 37.3 Å². The summed E-state index contributed by atoms with van der Waals surface area (Å²) in [6, 6.07) is 19.1. The van der Waals surface area contributed by atoms with Gasteiger partial charge in [-0.25, -0.2) is 4.18 Å². The summed E-state index contributed by atoms with van der Waals surface area (Å²) in [6.07, 6.45) is -0.494. The molecule has 0 heterocycles. The van der Waals surface area contributed by atoms with E-state index in [-0.39, 0.29) is 13.0 Å². The van der Waals surface area contributed by atoms with Gasteiger partial charge < -0.3 is 9.47 Å². The molecule has 2 aromatic carbocycles. The average Bonchev–Trinajstić information content (AvgIpc) is 2.57. The highest BCUT2D eigenvalue weighted by Gasteiger charge is 2.13. The van der Waals surface area contributed by atoms with Gasteiger partial charge in [-0.2, -0.15) is 8.42 Å². The number of hydrogen-bond acceptors (Lipinski definition) is 5. The molecule has 24 heavy (non-hydrogen) atoms. The van der Waals surface area contributed by atoms with Crippen molar-refractivity contribution in [3.8, 4) is 0 Å². The summed E-state index contributed by atoms with van der Waals surface area (Å²) in [6.45, 7) is 0.422. The summed E-state index contributed by atoms with van der Waals surface area (Å²) in [5.74, 6) is 0. The van der Waals surface area contributed by atoms with Crippen LogP contribution in [0.5, 0.6) is 0 Å². The predicted molar refractivity (Wildman–Crippen MR) is 88.4 cm³/mol. The summed E-state index contributed by atoms with van der Waals surface area (Å²) in [4.78, 5) is 0. The first-order valence-corrected chi connectivity index (χ1v) is 8.82. The van der Waals surface area contributed by atoms with Gasteiger partial charge >= 0.3 is 10.4 Å². The summed E-state index contributed by atoms with van der Waals surface area (Å²) >= 11 is 0. The number of hydrogen-bond donors (Lipinski definition) is 1. The lowest BCUT2D eigenvalue weighted by Gasteiger charge is -2.18. The summed E-state index contributed by atoms with van der Waals surface area (Å²) in [7, 11) is -4.47. The smallest absolute Gasteiger partial charge is 0.348 e. The van der Waals surface area contributed by atoms with E-state index in [9.17, 15) is 8.42 Å². The van der Waals surface area contributed by atoms with Gasteiger partial charge in [-0.1, -0.05) is 60.7 Å². The zero-order valence-electron chi connectivity index (χ0n) is 13.1. The molecule has 1 N–H and O–H groups in total. The lowest BCUT2D eigenvalue weighted by Crippen LogP contribution is -2.20. The Morgan fingerprint density at radius 2 is 1.29 bits per heavy atom. The maximum absolute atomic E-state index is 10.6. The molecular formula is C17H20O6S. The quantitative estimate of drug-likeness (QED) is 0.523. The molecule has 0 aliphatic carbocycles. The van der Waals surface area contributed by atoms with Crippen LogP contribution in [0.1, 0.15) is 17.5 Å². The Labute approximate surface area is 141 Å². The summed E-state index contributed by atoms with van der Waals surface area (Å²) in [5, 5.41) is 0. The number of benzene rings is 2. The Morgan fingerprint density at radius 3 is 1.71 bits per heavy atom. The SMILES string of the molecule is O=S(=O)(O)OCCC(OCc1ccccc1)OCc1ccccc1. The van der Waals surface area contributed by atoms with Crippen molar-refractivity contribution < 1.29 is 26.6 Å². The second-order valence-electron chi connectivity index (χ2n) is 5.06. The molecule has 0 aliphatic rings. The maximum Gasteiger partial charge on any atom is 0.397 e. The minimum atomic E-state index is -4.47. The zero-order chi connectivity index (χ0) is 17.3. The molecule has 0 atom stereocenters. The first-order valence-electron chi connectivity index (χ1n) is 7.46. The van der Waals surface area contributed by atoms with Crippen molar-refractivity contribution in [2.45, 2.75) is 25.9 Å². The molecule has 0 aromatic heterocycles. The van der Waals surface area contributed by atoms with E-state index in [0.717, 1.165) is 11.1 Å². The molecule has 0 aliphatic heterocycles. The van der Waals surface area contributed by atoms with Crippen molar-refractivity contribution in [2.24, 2.45) is 0 Å². The lowest BCUT2D eigenvalue weighted by molar-refractivity contribution is -0.163. The minimum absolute atomic E-state index is 0.166. The van der Waals surface area contributed by atoms with Crippen LogP contribution in [0.2, 0.25) is 0 Å². The summed E-state index contributed by atoms with van der Waals surface area (Å²) in [5.41, 5.74) is 1.95. The highest BCUT2D eigenvalue weighted by Crippen LogP contribution is 2.11. The highest BCUT2D eigenvalue weighted by atomic mass is 32.3. The van der Waals surface area contributed by atoms with Gasteiger partial charge in [-0.05, 0) is 11.1 Å². The topological polar surface area (TPSA) is 82.1 Å². The van der Waals surface area contributed by atoms with Gasteiger partial charge in [-0.15, -0.1) is 0 Å².